The summed E-state index contributed by atoms with van der Waals surface area (Å²) in [5, 5.41) is 22.7. The molecule has 6 rings (SSSR count). The molecule has 0 atom stereocenters. The van der Waals surface area contributed by atoms with E-state index in [0.29, 0.717) is 24.0 Å². The molecule has 0 amide bonds. The molecule has 10 heteroatoms. The fourth-order valence-corrected chi connectivity index (χ4v) is 5.61. The number of aliphatic hydroxyl groups excluding tert-OH is 1. The van der Waals surface area contributed by atoms with Crippen LogP contribution in [0.3, 0.4) is 0 Å². The fraction of sp³-hybridized carbons (Fsp3) is 0.167. The van der Waals surface area contributed by atoms with Crippen LogP contribution in [0, 0.1) is 0 Å². The minimum absolute atomic E-state index is 0.00204. The second-order valence-corrected chi connectivity index (χ2v) is 9.24. The number of fused-ring (bicyclic) bond motifs is 3. The van der Waals surface area contributed by atoms with Crippen LogP contribution in [0.25, 0.3) is 38.2 Å². The summed E-state index contributed by atoms with van der Waals surface area (Å²) in [5.41, 5.74) is 3.98. The van der Waals surface area contributed by atoms with E-state index in [9.17, 15) is 5.11 Å². The number of para-hydroxylation sites is 1. The number of hydrogen-bond acceptors (Lipinski definition) is 7. The van der Waals surface area contributed by atoms with Crippen molar-refractivity contribution in [2.45, 2.75) is 13.0 Å². The largest absolute Gasteiger partial charge is 0.493 e. The molecule has 0 fully saturated rings. The molecule has 34 heavy (non-hydrogen) atoms. The van der Waals surface area contributed by atoms with Gasteiger partial charge in [0.25, 0.3) is 0 Å². The molecule has 0 radical (unpaired) electrons. The van der Waals surface area contributed by atoms with Gasteiger partial charge in [-0.25, -0.2) is 9.67 Å². The summed E-state index contributed by atoms with van der Waals surface area (Å²) in [4.78, 5) is 6.53. The topological polar surface area (TPSA) is 90.9 Å². The highest BCUT2D eigenvalue weighted by Crippen LogP contribution is 2.44. The number of ether oxygens (including phenoxy) is 1. The van der Waals surface area contributed by atoms with Gasteiger partial charge in [0.05, 0.1) is 35.3 Å². The summed E-state index contributed by atoms with van der Waals surface area (Å²) in [7, 11) is 0. The average Bonchev–Trinajstić information content (AvgIpc) is 3.58. The minimum atomic E-state index is -0.00204. The van der Waals surface area contributed by atoms with Gasteiger partial charge in [0.15, 0.2) is 11.6 Å². The lowest BCUT2D eigenvalue weighted by Gasteiger charge is -2.10. The second-order valence-electron chi connectivity index (χ2n) is 7.78. The SMILES string of the molecule is OCCn1ncnc1-c1ccc2c(c1)OCCc1cc(-c3nncn3-c3ccccc3Cl)sc1-2. The van der Waals surface area contributed by atoms with Crippen molar-refractivity contribution in [3.63, 3.8) is 0 Å². The molecule has 8 nitrogen and oxygen atoms in total. The number of halogens is 1. The lowest BCUT2D eigenvalue weighted by Crippen LogP contribution is -2.06. The molecule has 3 aromatic heterocycles. The van der Waals surface area contributed by atoms with E-state index < -0.39 is 0 Å². The standard InChI is InChI=1S/C24H19ClN6O2S/c25-18-3-1-2-4-19(18)30-14-27-29-24(30)21-12-15-7-10-33-20-11-16(5-6-17(20)22(15)34-21)23-26-13-28-31(23)8-9-32/h1-6,11-14,32H,7-10H2. The molecule has 5 aromatic rings. The van der Waals surface area contributed by atoms with Crippen LogP contribution in [0.1, 0.15) is 5.56 Å². The smallest absolute Gasteiger partial charge is 0.178 e. The number of nitrogens with zero attached hydrogens (tertiary/aromatic N) is 6. The predicted octanol–water partition coefficient (Wildman–Crippen LogP) is 4.50. The van der Waals surface area contributed by atoms with Gasteiger partial charge in [-0.3, -0.25) is 4.57 Å². The lowest BCUT2D eigenvalue weighted by atomic mass is 10.0. The maximum absolute atomic E-state index is 9.31. The zero-order chi connectivity index (χ0) is 23.1. The molecule has 1 aliphatic rings. The zero-order valence-corrected chi connectivity index (χ0v) is 19.5. The molecule has 170 valence electrons. The molecule has 0 aliphatic carbocycles. The number of thiophene rings is 1. The maximum Gasteiger partial charge on any atom is 0.178 e. The molecule has 0 saturated carbocycles. The van der Waals surface area contributed by atoms with E-state index in [2.05, 4.69) is 32.4 Å². The van der Waals surface area contributed by atoms with E-state index in [1.54, 1.807) is 22.3 Å². The minimum Gasteiger partial charge on any atom is -0.493 e. The molecule has 0 bridgehead atoms. The van der Waals surface area contributed by atoms with Crippen molar-refractivity contribution < 1.29 is 9.84 Å². The second kappa shape index (κ2) is 8.68. The maximum atomic E-state index is 9.31. The Balaban J connectivity index is 1.41. The quantitative estimate of drug-likeness (QED) is 0.390. The number of benzene rings is 2. The van der Waals surface area contributed by atoms with Gasteiger partial charge in [0.2, 0.25) is 0 Å². The van der Waals surface area contributed by atoms with Gasteiger partial charge in [0, 0.05) is 22.4 Å². The van der Waals surface area contributed by atoms with E-state index in [1.807, 2.05) is 41.0 Å². The van der Waals surface area contributed by atoms with Crippen LogP contribution in [0.15, 0.2) is 61.2 Å². The Morgan fingerprint density at radius 1 is 1.12 bits per heavy atom. The summed E-state index contributed by atoms with van der Waals surface area (Å²) < 4.78 is 9.72. The van der Waals surface area contributed by atoms with Crippen LogP contribution in [-0.2, 0) is 13.0 Å². The van der Waals surface area contributed by atoms with Crippen LogP contribution in [0.4, 0.5) is 0 Å². The Labute approximate surface area is 204 Å². The number of rotatable bonds is 5. The molecule has 0 saturated heterocycles. The van der Waals surface area contributed by atoms with Crippen molar-refractivity contribution in [1.82, 2.24) is 29.5 Å². The summed E-state index contributed by atoms with van der Waals surface area (Å²) in [5.74, 6) is 2.25. The van der Waals surface area contributed by atoms with Gasteiger partial charge in [0.1, 0.15) is 18.4 Å². The Morgan fingerprint density at radius 3 is 2.91 bits per heavy atom. The number of aromatic nitrogens is 6. The van der Waals surface area contributed by atoms with Gasteiger partial charge in [-0.15, -0.1) is 21.5 Å². The van der Waals surface area contributed by atoms with Crippen molar-refractivity contribution in [2.24, 2.45) is 0 Å². The van der Waals surface area contributed by atoms with Crippen molar-refractivity contribution in [1.29, 1.82) is 0 Å². The van der Waals surface area contributed by atoms with E-state index in [-0.39, 0.29) is 6.61 Å². The predicted molar refractivity (Wildman–Crippen MR) is 130 cm³/mol. The van der Waals surface area contributed by atoms with E-state index in [1.165, 1.54) is 11.9 Å². The highest BCUT2D eigenvalue weighted by molar-refractivity contribution is 7.19. The summed E-state index contributed by atoms with van der Waals surface area (Å²) in [6.07, 6.45) is 3.97. The first-order chi connectivity index (χ1) is 16.7. The van der Waals surface area contributed by atoms with E-state index in [4.69, 9.17) is 16.3 Å². The van der Waals surface area contributed by atoms with Gasteiger partial charge < -0.3 is 9.84 Å². The third-order valence-corrected chi connectivity index (χ3v) is 7.26. The van der Waals surface area contributed by atoms with Gasteiger partial charge >= 0.3 is 0 Å². The van der Waals surface area contributed by atoms with Crippen LogP contribution in [0.5, 0.6) is 5.75 Å². The van der Waals surface area contributed by atoms with E-state index >= 15 is 0 Å². The third kappa shape index (κ3) is 3.58. The Kier molecular flexibility index (Phi) is 5.37. The summed E-state index contributed by atoms with van der Waals surface area (Å²) in [6.45, 7) is 0.954. The highest BCUT2D eigenvalue weighted by Gasteiger charge is 2.23. The van der Waals surface area contributed by atoms with Gasteiger partial charge in [-0.1, -0.05) is 29.8 Å². The number of aliphatic hydroxyl groups is 1. The summed E-state index contributed by atoms with van der Waals surface area (Å²) >= 11 is 8.10. The Morgan fingerprint density at radius 2 is 2.03 bits per heavy atom. The third-order valence-electron chi connectivity index (χ3n) is 5.73. The van der Waals surface area contributed by atoms with Crippen LogP contribution >= 0.6 is 22.9 Å². The molecular weight excluding hydrogens is 472 g/mol. The fourth-order valence-electron chi connectivity index (χ4n) is 4.16. The van der Waals surface area contributed by atoms with Crippen LogP contribution < -0.4 is 4.74 Å². The first-order valence-electron chi connectivity index (χ1n) is 10.8. The normalized spacial score (nSPS) is 12.6. The summed E-state index contributed by atoms with van der Waals surface area (Å²) in [6, 6.07) is 15.9. The monoisotopic (exact) mass is 490 g/mol. The molecule has 1 aliphatic heterocycles. The molecule has 1 N–H and O–H groups in total. The first kappa shape index (κ1) is 21.0. The average molecular weight is 491 g/mol. The molecule has 4 heterocycles. The van der Waals surface area contributed by atoms with E-state index in [0.717, 1.165) is 44.6 Å². The Hall–Kier alpha value is -3.53. The highest BCUT2D eigenvalue weighted by atomic mass is 35.5. The van der Waals surface area contributed by atoms with Gasteiger partial charge in [-0.05, 0) is 35.9 Å². The molecule has 2 aromatic carbocycles. The van der Waals surface area contributed by atoms with Crippen molar-refractivity contribution in [3.05, 3.63) is 71.8 Å². The van der Waals surface area contributed by atoms with Crippen LogP contribution in [0.2, 0.25) is 5.02 Å². The molecule has 0 spiro atoms. The lowest BCUT2D eigenvalue weighted by molar-refractivity contribution is 0.270. The van der Waals surface area contributed by atoms with Crippen molar-refractivity contribution >= 4 is 22.9 Å². The Bertz CT molecular complexity index is 1490. The van der Waals surface area contributed by atoms with Crippen LogP contribution in [-0.4, -0.2) is 47.8 Å². The molecule has 0 unspecified atom stereocenters. The van der Waals surface area contributed by atoms with Crippen molar-refractivity contribution in [2.75, 3.05) is 13.2 Å². The van der Waals surface area contributed by atoms with Crippen molar-refractivity contribution in [3.8, 4) is 44.0 Å². The van der Waals surface area contributed by atoms with Gasteiger partial charge in [-0.2, -0.15) is 5.10 Å². The zero-order valence-electron chi connectivity index (χ0n) is 17.9. The first-order valence-corrected chi connectivity index (χ1v) is 12.0. The molecular formula is C24H19ClN6O2S. The number of hydrogen-bond donors (Lipinski definition) is 1.